The Hall–Kier alpha value is -0.930. The van der Waals surface area contributed by atoms with Crippen molar-refractivity contribution in [1.29, 1.82) is 0 Å². The number of halogens is 1. The highest BCUT2D eigenvalue weighted by molar-refractivity contribution is 4.88. The quantitative estimate of drug-likeness (QED) is 0.633. The molecule has 1 aromatic heterocycles. The molecule has 3 nitrogen and oxygen atoms in total. The van der Waals surface area contributed by atoms with Crippen molar-refractivity contribution in [2.24, 2.45) is 0 Å². The minimum absolute atomic E-state index is 0.136. The summed E-state index contributed by atoms with van der Waals surface area (Å²) in [6, 6.07) is 0. The molecule has 0 aliphatic rings. The van der Waals surface area contributed by atoms with Gasteiger partial charge in [-0.1, -0.05) is 12.1 Å². The van der Waals surface area contributed by atoms with Crippen molar-refractivity contribution >= 4 is 0 Å². The molecule has 1 atom stereocenters. The van der Waals surface area contributed by atoms with Gasteiger partial charge in [-0.15, -0.1) is 0 Å². The first-order valence-electron chi connectivity index (χ1n) is 3.20. The molecule has 0 saturated heterocycles. The van der Waals surface area contributed by atoms with Crippen LogP contribution in [0.3, 0.4) is 0 Å². The second-order valence-electron chi connectivity index (χ2n) is 2.02. The first-order valence-corrected chi connectivity index (χ1v) is 3.20. The van der Waals surface area contributed by atoms with Gasteiger partial charge in [0.25, 0.3) is 0 Å². The third-order valence-corrected chi connectivity index (χ3v) is 1.14. The predicted molar refractivity (Wildman–Crippen MR) is 33.2 cm³/mol. The van der Waals surface area contributed by atoms with Crippen LogP contribution in [0.1, 0.15) is 31.7 Å². The number of rotatable bonds is 2. The molecule has 0 N–H and O–H groups in total. The van der Waals surface area contributed by atoms with Crippen LogP contribution in [0.5, 0.6) is 0 Å². The van der Waals surface area contributed by atoms with Gasteiger partial charge in [0, 0.05) is 6.42 Å². The Morgan fingerprint density at radius 3 is 2.70 bits per heavy atom. The molecule has 1 unspecified atom stereocenters. The van der Waals surface area contributed by atoms with Crippen LogP contribution in [0, 0.1) is 0 Å². The molecule has 0 aromatic carbocycles. The van der Waals surface area contributed by atoms with Crippen molar-refractivity contribution in [3.8, 4) is 0 Å². The SMILES string of the molecule is CCc1nc(C(C)F)no1. The molecule has 4 heteroatoms. The van der Waals surface area contributed by atoms with E-state index in [9.17, 15) is 4.39 Å². The van der Waals surface area contributed by atoms with E-state index < -0.39 is 6.17 Å². The Morgan fingerprint density at radius 1 is 1.70 bits per heavy atom. The third-order valence-electron chi connectivity index (χ3n) is 1.14. The van der Waals surface area contributed by atoms with Gasteiger partial charge in [-0.3, -0.25) is 0 Å². The summed E-state index contributed by atoms with van der Waals surface area (Å²) in [5, 5.41) is 3.43. The highest BCUT2D eigenvalue weighted by Gasteiger charge is 2.10. The van der Waals surface area contributed by atoms with E-state index >= 15 is 0 Å². The standard InChI is InChI=1S/C6H9FN2O/c1-3-5-8-6(4(2)7)9-10-5/h4H,3H2,1-2H3. The Kier molecular flexibility index (Phi) is 1.99. The molecule has 0 aliphatic heterocycles. The lowest BCUT2D eigenvalue weighted by atomic mass is 10.4. The van der Waals surface area contributed by atoms with Crippen LogP contribution in [-0.2, 0) is 6.42 Å². The molecule has 10 heavy (non-hydrogen) atoms. The van der Waals surface area contributed by atoms with Crippen LogP contribution in [0.25, 0.3) is 0 Å². The molecule has 56 valence electrons. The fourth-order valence-corrected chi connectivity index (χ4v) is 0.573. The van der Waals surface area contributed by atoms with Gasteiger partial charge in [-0.05, 0) is 6.92 Å². The molecule has 0 radical (unpaired) electrons. The predicted octanol–water partition coefficient (Wildman–Crippen LogP) is 1.66. The highest BCUT2D eigenvalue weighted by Crippen LogP contribution is 2.11. The summed E-state index contributed by atoms with van der Waals surface area (Å²) in [5.41, 5.74) is 0. The van der Waals surface area contributed by atoms with E-state index in [1.807, 2.05) is 6.92 Å². The largest absolute Gasteiger partial charge is 0.339 e. The summed E-state index contributed by atoms with van der Waals surface area (Å²) in [7, 11) is 0. The lowest BCUT2D eigenvalue weighted by molar-refractivity contribution is 0.326. The Bertz CT molecular complexity index is 209. The van der Waals surface area contributed by atoms with E-state index in [0.29, 0.717) is 12.3 Å². The maximum atomic E-state index is 12.4. The summed E-state index contributed by atoms with van der Waals surface area (Å²) in [6.07, 6.45) is -0.483. The fraction of sp³-hybridized carbons (Fsp3) is 0.667. The summed E-state index contributed by atoms with van der Waals surface area (Å²) in [6.45, 7) is 3.25. The molecule has 1 aromatic rings. The zero-order chi connectivity index (χ0) is 7.56. The Balaban J connectivity index is 2.78. The zero-order valence-corrected chi connectivity index (χ0v) is 5.97. The lowest BCUT2D eigenvalue weighted by Crippen LogP contribution is -1.88. The van der Waals surface area contributed by atoms with Crippen molar-refractivity contribution in [3.63, 3.8) is 0 Å². The smallest absolute Gasteiger partial charge is 0.226 e. The molecule has 0 saturated carbocycles. The van der Waals surface area contributed by atoms with Gasteiger partial charge in [-0.25, -0.2) is 4.39 Å². The number of hydrogen-bond donors (Lipinski definition) is 0. The van der Waals surface area contributed by atoms with E-state index in [1.165, 1.54) is 6.92 Å². The van der Waals surface area contributed by atoms with Crippen LogP contribution < -0.4 is 0 Å². The van der Waals surface area contributed by atoms with Crippen LogP contribution in [0.4, 0.5) is 4.39 Å². The van der Waals surface area contributed by atoms with Crippen molar-refractivity contribution in [1.82, 2.24) is 10.1 Å². The average Bonchev–Trinajstić information content (AvgIpc) is 2.34. The van der Waals surface area contributed by atoms with Gasteiger partial charge in [0.15, 0.2) is 6.17 Å². The summed E-state index contributed by atoms with van der Waals surface area (Å²) in [5.74, 6) is 0.622. The third kappa shape index (κ3) is 1.32. The van der Waals surface area contributed by atoms with E-state index in [4.69, 9.17) is 0 Å². The second-order valence-corrected chi connectivity index (χ2v) is 2.02. The van der Waals surface area contributed by atoms with E-state index in [2.05, 4.69) is 14.7 Å². The van der Waals surface area contributed by atoms with Gasteiger partial charge >= 0.3 is 0 Å². The molecule has 0 fully saturated rings. The van der Waals surface area contributed by atoms with E-state index in [1.54, 1.807) is 0 Å². The number of alkyl halides is 1. The highest BCUT2D eigenvalue weighted by atomic mass is 19.1. The molecule has 0 amide bonds. The minimum atomic E-state index is -1.14. The summed E-state index contributed by atoms with van der Waals surface area (Å²) < 4.78 is 17.1. The molecule has 1 rings (SSSR count). The molecule has 0 bridgehead atoms. The first kappa shape index (κ1) is 7.18. The van der Waals surface area contributed by atoms with Crippen LogP contribution in [0.2, 0.25) is 0 Å². The van der Waals surface area contributed by atoms with Gasteiger partial charge in [0.2, 0.25) is 11.7 Å². The van der Waals surface area contributed by atoms with Gasteiger partial charge in [-0.2, -0.15) is 4.98 Å². The molecular formula is C6H9FN2O. The van der Waals surface area contributed by atoms with Gasteiger partial charge in [0.1, 0.15) is 0 Å². The number of hydrogen-bond acceptors (Lipinski definition) is 3. The van der Waals surface area contributed by atoms with Gasteiger partial charge < -0.3 is 4.52 Å². The number of aromatic nitrogens is 2. The Morgan fingerprint density at radius 2 is 2.40 bits per heavy atom. The Labute approximate surface area is 58.2 Å². The summed E-state index contributed by atoms with van der Waals surface area (Å²) in [4.78, 5) is 3.78. The monoisotopic (exact) mass is 144 g/mol. The van der Waals surface area contributed by atoms with Crippen molar-refractivity contribution in [2.45, 2.75) is 26.4 Å². The topological polar surface area (TPSA) is 38.9 Å². The number of nitrogens with zero attached hydrogens (tertiary/aromatic N) is 2. The van der Waals surface area contributed by atoms with Crippen molar-refractivity contribution in [3.05, 3.63) is 11.7 Å². The van der Waals surface area contributed by atoms with Crippen LogP contribution in [-0.4, -0.2) is 10.1 Å². The minimum Gasteiger partial charge on any atom is -0.339 e. The van der Waals surface area contributed by atoms with Gasteiger partial charge in [0.05, 0.1) is 0 Å². The number of aryl methyl sites for hydroxylation is 1. The zero-order valence-electron chi connectivity index (χ0n) is 5.97. The van der Waals surface area contributed by atoms with Crippen molar-refractivity contribution < 1.29 is 8.91 Å². The second kappa shape index (κ2) is 2.77. The molecule has 0 spiro atoms. The molecule has 1 heterocycles. The van der Waals surface area contributed by atoms with Crippen molar-refractivity contribution in [2.75, 3.05) is 0 Å². The normalized spacial score (nSPS) is 13.5. The maximum absolute atomic E-state index is 12.4. The first-order chi connectivity index (χ1) is 4.74. The van der Waals surface area contributed by atoms with E-state index in [0.717, 1.165) is 0 Å². The molecular weight excluding hydrogens is 135 g/mol. The fourth-order valence-electron chi connectivity index (χ4n) is 0.573. The average molecular weight is 144 g/mol. The van der Waals surface area contributed by atoms with Crippen LogP contribution >= 0.6 is 0 Å². The lowest BCUT2D eigenvalue weighted by Gasteiger charge is -1.87. The van der Waals surface area contributed by atoms with Crippen LogP contribution in [0.15, 0.2) is 4.52 Å². The van der Waals surface area contributed by atoms with E-state index in [-0.39, 0.29) is 5.82 Å². The molecule has 0 aliphatic carbocycles. The summed E-state index contributed by atoms with van der Waals surface area (Å²) >= 11 is 0. The maximum Gasteiger partial charge on any atom is 0.226 e.